The lowest BCUT2D eigenvalue weighted by atomic mass is 9.95. The standard InChI is InChI=1S/C23H25Cl2N3O/c1-26-23(29)12-16(15-2-4-17(24)5-3-15)14-28-21-7-6-18(25)13-20(21)19-8-10-27-11-9-22(19)28/h2-7,13,16,27H,8-12,14H2,1H3,(H,26,29). The van der Waals surface area contributed by atoms with E-state index in [-0.39, 0.29) is 11.8 Å². The van der Waals surface area contributed by atoms with Crippen LogP contribution in [0.1, 0.15) is 29.2 Å². The molecule has 3 aromatic rings. The molecule has 0 fully saturated rings. The number of hydrogen-bond acceptors (Lipinski definition) is 2. The Labute approximate surface area is 181 Å². The van der Waals surface area contributed by atoms with E-state index < -0.39 is 0 Å². The topological polar surface area (TPSA) is 46.1 Å². The molecule has 152 valence electrons. The normalized spacial score (nSPS) is 15.0. The molecule has 2 N–H and O–H groups in total. The molecule has 1 aliphatic heterocycles. The van der Waals surface area contributed by atoms with E-state index in [0.717, 1.165) is 43.1 Å². The van der Waals surface area contributed by atoms with Gasteiger partial charge in [-0.25, -0.2) is 0 Å². The minimum Gasteiger partial charge on any atom is -0.359 e. The van der Waals surface area contributed by atoms with E-state index in [4.69, 9.17) is 23.2 Å². The van der Waals surface area contributed by atoms with Crippen LogP contribution < -0.4 is 10.6 Å². The molecule has 2 heterocycles. The molecular weight excluding hydrogens is 405 g/mol. The van der Waals surface area contributed by atoms with Crippen LogP contribution in [0.3, 0.4) is 0 Å². The highest BCUT2D eigenvalue weighted by Gasteiger charge is 2.23. The van der Waals surface area contributed by atoms with Gasteiger partial charge in [0.25, 0.3) is 0 Å². The molecule has 0 aliphatic carbocycles. The van der Waals surface area contributed by atoms with E-state index in [2.05, 4.69) is 27.3 Å². The lowest BCUT2D eigenvalue weighted by molar-refractivity contribution is -0.121. The highest BCUT2D eigenvalue weighted by molar-refractivity contribution is 6.31. The van der Waals surface area contributed by atoms with Crippen LogP contribution in [0.15, 0.2) is 42.5 Å². The molecule has 0 saturated carbocycles. The zero-order valence-electron chi connectivity index (χ0n) is 16.5. The predicted octanol–water partition coefficient (Wildman–Crippen LogP) is 4.56. The van der Waals surface area contributed by atoms with Crippen molar-refractivity contribution in [3.63, 3.8) is 0 Å². The fourth-order valence-electron chi connectivity index (χ4n) is 4.34. The summed E-state index contributed by atoms with van der Waals surface area (Å²) < 4.78 is 2.40. The van der Waals surface area contributed by atoms with Crippen molar-refractivity contribution in [3.8, 4) is 0 Å². The van der Waals surface area contributed by atoms with Crippen molar-refractivity contribution in [2.45, 2.75) is 31.7 Å². The maximum absolute atomic E-state index is 12.3. The van der Waals surface area contributed by atoms with Crippen molar-refractivity contribution in [2.24, 2.45) is 0 Å². The number of hydrogen-bond donors (Lipinski definition) is 2. The summed E-state index contributed by atoms with van der Waals surface area (Å²) in [5.41, 5.74) is 5.04. The van der Waals surface area contributed by atoms with Gasteiger partial charge in [-0.2, -0.15) is 0 Å². The minimum absolute atomic E-state index is 0.0391. The van der Waals surface area contributed by atoms with Crippen LogP contribution >= 0.6 is 23.2 Å². The average molecular weight is 430 g/mol. The van der Waals surface area contributed by atoms with Gasteiger partial charge in [-0.1, -0.05) is 35.3 Å². The van der Waals surface area contributed by atoms with Crippen molar-refractivity contribution < 1.29 is 4.79 Å². The summed E-state index contributed by atoms with van der Waals surface area (Å²) in [5.74, 6) is 0.0935. The van der Waals surface area contributed by atoms with Gasteiger partial charge in [-0.05, 0) is 54.4 Å². The van der Waals surface area contributed by atoms with Gasteiger partial charge in [0.05, 0.1) is 0 Å². The molecule has 4 rings (SSSR count). The zero-order chi connectivity index (χ0) is 20.4. The minimum atomic E-state index is 0.0391. The highest BCUT2D eigenvalue weighted by Crippen LogP contribution is 2.33. The van der Waals surface area contributed by atoms with Gasteiger partial charge in [0, 0.05) is 65.5 Å². The summed E-state index contributed by atoms with van der Waals surface area (Å²) in [4.78, 5) is 12.3. The SMILES string of the molecule is CNC(=O)CC(Cn1c2c(c3cc(Cl)ccc31)CCNCC2)c1ccc(Cl)cc1. The second-order valence-electron chi connectivity index (χ2n) is 7.57. The fourth-order valence-corrected chi connectivity index (χ4v) is 4.63. The smallest absolute Gasteiger partial charge is 0.220 e. The maximum atomic E-state index is 12.3. The third-order valence-corrected chi connectivity index (χ3v) is 6.28. The largest absolute Gasteiger partial charge is 0.359 e. The number of amides is 1. The molecule has 1 atom stereocenters. The van der Waals surface area contributed by atoms with Crippen LogP contribution in [-0.2, 0) is 24.2 Å². The Morgan fingerprint density at radius 1 is 1.10 bits per heavy atom. The number of nitrogens with one attached hydrogen (secondary N) is 2. The monoisotopic (exact) mass is 429 g/mol. The number of fused-ring (bicyclic) bond motifs is 3. The number of carbonyl (C=O) groups excluding carboxylic acids is 1. The molecule has 0 bridgehead atoms. The summed E-state index contributed by atoms with van der Waals surface area (Å²) in [6.07, 6.45) is 2.38. The predicted molar refractivity (Wildman–Crippen MR) is 120 cm³/mol. The van der Waals surface area contributed by atoms with E-state index in [0.29, 0.717) is 11.4 Å². The summed E-state index contributed by atoms with van der Waals surface area (Å²) in [6, 6.07) is 14.0. The van der Waals surface area contributed by atoms with Gasteiger partial charge in [0.2, 0.25) is 5.91 Å². The molecule has 0 radical (unpaired) electrons. The highest BCUT2D eigenvalue weighted by atomic mass is 35.5. The summed E-state index contributed by atoms with van der Waals surface area (Å²) in [5, 5.41) is 8.95. The number of halogens is 2. The number of rotatable bonds is 5. The van der Waals surface area contributed by atoms with Crippen LogP contribution in [0, 0.1) is 0 Å². The fraction of sp³-hybridized carbons (Fsp3) is 0.348. The van der Waals surface area contributed by atoms with Gasteiger partial charge >= 0.3 is 0 Å². The van der Waals surface area contributed by atoms with Gasteiger partial charge in [-0.3, -0.25) is 4.79 Å². The second-order valence-corrected chi connectivity index (χ2v) is 8.45. The van der Waals surface area contributed by atoms with Crippen LogP contribution in [0.5, 0.6) is 0 Å². The molecule has 0 saturated heterocycles. The number of carbonyl (C=O) groups is 1. The van der Waals surface area contributed by atoms with E-state index in [1.54, 1.807) is 7.05 Å². The second kappa shape index (κ2) is 8.78. The first kappa shape index (κ1) is 20.3. The van der Waals surface area contributed by atoms with Crippen molar-refractivity contribution in [3.05, 3.63) is 69.3 Å². The van der Waals surface area contributed by atoms with E-state index in [1.165, 1.54) is 22.2 Å². The Morgan fingerprint density at radius 3 is 2.59 bits per heavy atom. The lowest BCUT2D eigenvalue weighted by Gasteiger charge is -2.21. The third-order valence-electron chi connectivity index (χ3n) is 5.79. The Kier molecular flexibility index (Phi) is 6.14. The summed E-state index contributed by atoms with van der Waals surface area (Å²) in [7, 11) is 1.69. The molecule has 4 nitrogen and oxygen atoms in total. The molecule has 0 spiro atoms. The van der Waals surface area contributed by atoms with Crippen LogP contribution in [0.25, 0.3) is 10.9 Å². The maximum Gasteiger partial charge on any atom is 0.220 e. The average Bonchev–Trinajstić information content (AvgIpc) is 2.87. The van der Waals surface area contributed by atoms with Gasteiger partial charge < -0.3 is 15.2 Å². The molecule has 1 aromatic heterocycles. The molecular formula is C23H25Cl2N3O. The number of benzene rings is 2. The van der Waals surface area contributed by atoms with Crippen molar-refractivity contribution >= 4 is 40.0 Å². The van der Waals surface area contributed by atoms with E-state index in [1.807, 2.05) is 30.3 Å². The van der Waals surface area contributed by atoms with Gasteiger partial charge in [0.1, 0.15) is 0 Å². The van der Waals surface area contributed by atoms with E-state index in [9.17, 15) is 4.79 Å². The molecule has 29 heavy (non-hydrogen) atoms. The Morgan fingerprint density at radius 2 is 1.83 bits per heavy atom. The summed E-state index contributed by atoms with van der Waals surface area (Å²) >= 11 is 12.4. The molecule has 6 heteroatoms. The number of aromatic nitrogens is 1. The van der Waals surface area contributed by atoms with Crippen LogP contribution in [0.4, 0.5) is 0 Å². The third kappa shape index (κ3) is 4.30. The Balaban J connectivity index is 1.80. The van der Waals surface area contributed by atoms with E-state index >= 15 is 0 Å². The molecule has 2 aromatic carbocycles. The number of nitrogens with zero attached hydrogens (tertiary/aromatic N) is 1. The Bertz CT molecular complexity index is 1030. The first-order valence-corrected chi connectivity index (χ1v) is 10.8. The first-order chi connectivity index (χ1) is 14.1. The zero-order valence-corrected chi connectivity index (χ0v) is 18.0. The van der Waals surface area contributed by atoms with Gasteiger partial charge in [0.15, 0.2) is 0 Å². The molecule has 1 aliphatic rings. The molecule has 1 amide bonds. The van der Waals surface area contributed by atoms with Crippen LogP contribution in [-0.4, -0.2) is 30.6 Å². The lowest BCUT2D eigenvalue weighted by Crippen LogP contribution is -2.23. The van der Waals surface area contributed by atoms with Crippen molar-refractivity contribution in [2.75, 3.05) is 20.1 Å². The summed E-state index contributed by atoms with van der Waals surface area (Å²) in [6.45, 7) is 2.66. The molecule has 1 unspecified atom stereocenters. The quantitative estimate of drug-likeness (QED) is 0.624. The van der Waals surface area contributed by atoms with Gasteiger partial charge in [-0.15, -0.1) is 0 Å². The van der Waals surface area contributed by atoms with Crippen LogP contribution in [0.2, 0.25) is 10.0 Å². The van der Waals surface area contributed by atoms with Crippen molar-refractivity contribution in [1.29, 1.82) is 0 Å². The van der Waals surface area contributed by atoms with Crippen molar-refractivity contribution in [1.82, 2.24) is 15.2 Å². The first-order valence-electron chi connectivity index (χ1n) is 10.0. The Hall–Kier alpha value is -2.01.